The zero-order valence-electron chi connectivity index (χ0n) is 11.9. The van der Waals surface area contributed by atoms with Crippen molar-refractivity contribution in [2.24, 2.45) is 0 Å². The summed E-state index contributed by atoms with van der Waals surface area (Å²) >= 11 is 0. The molecule has 0 radical (unpaired) electrons. The first-order valence-corrected chi connectivity index (χ1v) is 6.66. The van der Waals surface area contributed by atoms with E-state index in [4.69, 9.17) is 9.26 Å². The van der Waals surface area contributed by atoms with E-state index in [2.05, 4.69) is 10.6 Å². The van der Waals surface area contributed by atoms with Crippen LogP contribution in [0, 0.1) is 0 Å². The van der Waals surface area contributed by atoms with E-state index in [1.54, 1.807) is 37.6 Å². The summed E-state index contributed by atoms with van der Waals surface area (Å²) in [5, 5.41) is 6.53. The number of anilines is 1. The number of aromatic nitrogens is 2. The first-order chi connectivity index (χ1) is 10.8. The van der Waals surface area contributed by atoms with Crippen LogP contribution in [0.5, 0.6) is 5.75 Å². The molecule has 110 valence electrons. The Hall–Kier alpha value is -3.15. The molecular formula is C16H14N3O3+. The summed E-state index contributed by atoms with van der Waals surface area (Å²) in [5.41, 5.74) is 1.35. The largest absolute Gasteiger partial charge is 0.497 e. The molecule has 6 heteroatoms. The van der Waals surface area contributed by atoms with Crippen LogP contribution in [0.2, 0.25) is 0 Å². The van der Waals surface area contributed by atoms with Crippen LogP contribution in [0.1, 0.15) is 10.4 Å². The molecule has 0 saturated heterocycles. The van der Waals surface area contributed by atoms with Crippen molar-refractivity contribution in [1.82, 2.24) is 5.27 Å². The Labute approximate surface area is 126 Å². The van der Waals surface area contributed by atoms with E-state index in [9.17, 15) is 4.79 Å². The Bertz CT molecular complexity index is 767. The molecule has 0 spiro atoms. The number of methoxy groups -OCH3 is 1. The first kappa shape index (κ1) is 13.8. The van der Waals surface area contributed by atoms with Gasteiger partial charge in [0.2, 0.25) is 11.0 Å². The van der Waals surface area contributed by atoms with Gasteiger partial charge in [0.05, 0.1) is 7.11 Å². The molecule has 22 heavy (non-hydrogen) atoms. The van der Waals surface area contributed by atoms with Crippen LogP contribution >= 0.6 is 0 Å². The van der Waals surface area contributed by atoms with Gasteiger partial charge in [0.25, 0.3) is 12.1 Å². The van der Waals surface area contributed by atoms with E-state index in [1.807, 2.05) is 30.3 Å². The SMILES string of the molecule is COc1ccc(-[n+]2cc(NC(=O)c3ccccc3)on2)cc1. The Morgan fingerprint density at radius 3 is 2.55 bits per heavy atom. The molecule has 0 bridgehead atoms. The molecular weight excluding hydrogens is 282 g/mol. The fourth-order valence-electron chi connectivity index (χ4n) is 1.93. The van der Waals surface area contributed by atoms with Gasteiger partial charge in [-0.05, 0) is 28.9 Å². The number of nitrogens with zero attached hydrogens (tertiary/aromatic N) is 2. The van der Waals surface area contributed by atoms with Crippen LogP contribution in [0.4, 0.5) is 5.88 Å². The smallest absolute Gasteiger partial charge is 0.303 e. The van der Waals surface area contributed by atoms with Gasteiger partial charge in [0.1, 0.15) is 5.75 Å². The topological polar surface area (TPSA) is 68.2 Å². The lowest BCUT2D eigenvalue weighted by Gasteiger charge is -1.98. The molecule has 1 heterocycles. The predicted octanol–water partition coefficient (Wildman–Crippen LogP) is 2.21. The molecule has 1 aromatic heterocycles. The highest BCUT2D eigenvalue weighted by atomic mass is 16.5. The second-order valence-corrected chi connectivity index (χ2v) is 4.53. The third kappa shape index (κ3) is 2.95. The zero-order valence-corrected chi connectivity index (χ0v) is 11.9. The number of hydrogen-bond acceptors (Lipinski definition) is 4. The molecule has 1 N–H and O–H groups in total. The van der Waals surface area contributed by atoms with Crippen LogP contribution < -0.4 is 14.7 Å². The van der Waals surface area contributed by atoms with Crippen molar-refractivity contribution in [3.8, 4) is 11.4 Å². The Morgan fingerprint density at radius 1 is 1.14 bits per heavy atom. The minimum atomic E-state index is -0.251. The van der Waals surface area contributed by atoms with Crippen molar-refractivity contribution in [1.29, 1.82) is 0 Å². The van der Waals surface area contributed by atoms with E-state index in [1.165, 1.54) is 4.68 Å². The number of carbonyl (C=O) groups is 1. The highest BCUT2D eigenvalue weighted by molar-refractivity contribution is 6.03. The number of amides is 1. The third-order valence-corrected chi connectivity index (χ3v) is 3.08. The van der Waals surface area contributed by atoms with Crippen molar-refractivity contribution >= 4 is 11.8 Å². The summed E-state index contributed by atoms with van der Waals surface area (Å²) < 4.78 is 11.7. The van der Waals surface area contributed by atoms with Crippen molar-refractivity contribution < 1.29 is 18.7 Å². The van der Waals surface area contributed by atoms with Crippen molar-refractivity contribution in [3.63, 3.8) is 0 Å². The lowest BCUT2D eigenvalue weighted by Crippen LogP contribution is -2.31. The van der Waals surface area contributed by atoms with Crippen molar-refractivity contribution in [3.05, 3.63) is 66.4 Å². The van der Waals surface area contributed by atoms with Gasteiger partial charge in [0.15, 0.2) is 0 Å². The molecule has 0 aliphatic heterocycles. The number of nitrogens with one attached hydrogen (secondary N) is 1. The number of benzene rings is 2. The molecule has 3 rings (SSSR count). The van der Waals surface area contributed by atoms with E-state index in [0.717, 1.165) is 11.4 Å². The standard InChI is InChI=1S/C16H13N3O3/c1-21-14-9-7-13(8-10-14)19-11-15(22-18-19)17-16(20)12-5-3-2-4-6-12/h2-11H,1H3/p+1. The average Bonchev–Trinajstić information content (AvgIpc) is 3.04. The number of ether oxygens (including phenoxy) is 1. The molecule has 1 amide bonds. The van der Waals surface area contributed by atoms with Gasteiger partial charge < -0.3 is 4.74 Å². The van der Waals surface area contributed by atoms with E-state index >= 15 is 0 Å². The Balaban J connectivity index is 1.74. The van der Waals surface area contributed by atoms with E-state index in [0.29, 0.717) is 5.56 Å². The quantitative estimate of drug-likeness (QED) is 0.750. The molecule has 0 aliphatic carbocycles. The maximum absolute atomic E-state index is 12.0. The number of hydrogen-bond donors (Lipinski definition) is 1. The summed E-state index contributed by atoms with van der Waals surface area (Å²) in [6.45, 7) is 0. The molecule has 0 unspecified atom stereocenters. The number of carbonyl (C=O) groups excluding carboxylic acids is 1. The van der Waals surface area contributed by atoms with Gasteiger partial charge in [0, 0.05) is 17.7 Å². The molecule has 0 atom stereocenters. The van der Waals surface area contributed by atoms with Crippen LogP contribution in [0.15, 0.2) is 65.3 Å². The molecule has 0 aliphatic rings. The first-order valence-electron chi connectivity index (χ1n) is 6.66. The highest BCUT2D eigenvalue weighted by Crippen LogP contribution is 2.12. The van der Waals surface area contributed by atoms with Crippen LogP contribution in [-0.2, 0) is 0 Å². The van der Waals surface area contributed by atoms with Gasteiger partial charge >= 0.3 is 5.88 Å². The lowest BCUT2D eigenvalue weighted by molar-refractivity contribution is -0.670. The normalized spacial score (nSPS) is 10.2. The highest BCUT2D eigenvalue weighted by Gasteiger charge is 2.17. The molecule has 0 saturated carbocycles. The predicted molar refractivity (Wildman–Crippen MR) is 79.0 cm³/mol. The van der Waals surface area contributed by atoms with E-state index < -0.39 is 0 Å². The molecule has 2 aromatic carbocycles. The molecule has 3 aromatic rings. The van der Waals surface area contributed by atoms with Gasteiger partial charge in [-0.25, -0.2) is 0 Å². The fraction of sp³-hybridized carbons (Fsp3) is 0.0625. The monoisotopic (exact) mass is 296 g/mol. The Kier molecular flexibility index (Phi) is 3.82. The van der Waals surface area contributed by atoms with Crippen LogP contribution in [0.25, 0.3) is 5.69 Å². The van der Waals surface area contributed by atoms with Gasteiger partial charge in [-0.15, -0.1) is 0 Å². The molecule has 0 fully saturated rings. The second kappa shape index (κ2) is 6.09. The van der Waals surface area contributed by atoms with Crippen LogP contribution in [-0.4, -0.2) is 18.3 Å². The van der Waals surface area contributed by atoms with Gasteiger partial charge in [-0.1, -0.05) is 18.2 Å². The number of rotatable bonds is 4. The fourth-order valence-corrected chi connectivity index (χ4v) is 1.93. The zero-order chi connectivity index (χ0) is 15.4. The summed E-state index contributed by atoms with van der Waals surface area (Å²) in [4.78, 5) is 12.0. The van der Waals surface area contributed by atoms with Crippen LogP contribution in [0.3, 0.4) is 0 Å². The van der Waals surface area contributed by atoms with Crippen molar-refractivity contribution in [2.75, 3.05) is 12.4 Å². The van der Waals surface area contributed by atoms with Gasteiger partial charge in [-0.2, -0.15) is 0 Å². The third-order valence-electron chi connectivity index (χ3n) is 3.08. The summed E-state index contributed by atoms with van der Waals surface area (Å²) in [7, 11) is 1.61. The van der Waals surface area contributed by atoms with E-state index in [-0.39, 0.29) is 11.8 Å². The average molecular weight is 296 g/mol. The summed E-state index contributed by atoms with van der Waals surface area (Å²) in [5.74, 6) is 0.772. The second-order valence-electron chi connectivity index (χ2n) is 4.53. The van der Waals surface area contributed by atoms with Gasteiger partial charge in [-0.3, -0.25) is 14.6 Å². The maximum Gasteiger partial charge on any atom is 0.303 e. The summed E-state index contributed by atoms with van der Waals surface area (Å²) in [6, 6.07) is 16.2. The maximum atomic E-state index is 12.0. The lowest BCUT2D eigenvalue weighted by atomic mass is 10.2. The molecule has 6 nitrogen and oxygen atoms in total. The minimum absolute atomic E-state index is 0.251. The Morgan fingerprint density at radius 2 is 1.86 bits per heavy atom. The summed E-state index contributed by atoms with van der Waals surface area (Å²) in [6.07, 6.45) is 1.60. The minimum Gasteiger partial charge on any atom is -0.497 e. The van der Waals surface area contributed by atoms with Crippen molar-refractivity contribution in [2.45, 2.75) is 0 Å².